The van der Waals surface area contributed by atoms with E-state index in [4.69, 9.17) is 9.15 Å². The zero-order valence-electron chi connectivity index (χ0n) is 16.5. The van der Waals surface area contributed by atoms with Gasteiger partial charge in [0, 0.05) is 17.0 Å². The Kier molecular flexibility index (Phi) is 5.77. The largest absolute Gasteiger partial charge is 0.480 e. The monoisotopic (exact) mass is 384 g/mol. The number of anilines is 1. The maximum atomic E-state index is 12.4. The van der Waals surface area contributed by atoms with Crippen molar-refractivity contribution in [3.05, 3.63) is 45.9 Å². The molecule has 0 saturated heterocycles. The second kappa shape index (κ2) is 8.24. The van der Waals surface area contributed by atoms with Crippen LogP contribution in [0, 0.1) is 6.92 Å². The van der Waals surface area contributed by atoms with E-state index in [-0.39, 0.29) is 11.5 Å². The molecule has 1 amide bonds. The Balaban J connectivity index is 1.82. The molecular formula is C20H24N4O4. The molecule has 0 spiro atoms. The summed E-state index contributed by atoms with van der Waals surface area (Å²) < 4.78 is 11.2. The Morgan fingerprint density at radius 1 is 1.36 bits per heavy atom. The molecule has 8 heteroatoms. The zero-order valence-corrected chi connectivity index (χ0v) is 16.5. The summed E-state index contributed by atoms with van der Waals surface area (Å²) in [6, 6.07) is 5.20. The van der Waals surface area contributed by atoms with Gasteiger partial charge in [0.05, 0.1) is 12.7 Å². The van der Waals surface area contributed by atoms with Crippen molar-refractivity contribution < 1.29 is 13.9 Å². The van der Waals surface area contributed by atoms with Crippen molar-refractivity contribution in [1.82, 2.24) is 15.0 Å². The molecule has 148 valence electrons. The van der Waals surface area contributed by atoms with Crippen molar-refractivity contribution in [3.63, 3.8) is 0 Å². The molecule has 1 aromatic carbocycles. The number of rotatable bonds is 7. The van der Waals surface area contributed by atoms with Crippen molar-refractivity contribution in [3.8, 4) is 5.75 Å². The Bertz CT molecular complexity index is 1050. The molecule has 3 aromatic rings. The van der Waals surface area contributed by atoms with E-state index >= 15 is 0 Å². The zero-order chi connectivity index (χ0) is 20.3. The molecule has 2 aromatic heterocycles. The molecule has 1 N–H and O–H groups in total. The Labute approximate surface area is 162 Å². The van der Waals surface area contributed by atoms with Crippen molar-refractivity contribution in [1.29, 1.82) is 0 Å². The van der Waals surface area contributed by atoms with Crippen LogP contribution < -0.4 is 15.7 Å². The number of amides is 1. The fraction of sp³-hybridized carbons (Fsp3) is 0.400. The molecule has 0 bridgehead atoms. The van der Waals surface area contributed by atoms with E-state index in [0.29, 0.717) is 29.3 Å². The number of hydrogen-bond acceptors (Lipinski definition) is 6. The highest BCUT2D eigenvalue weighted by atomic mass is 16.5. The lowest BCUT2D eigenvalue weighted by Gasteiger charge is -2.16. The minimum absolute atomic E-state index is 0.344. The predicted octanol–water partition coefficient (Wildman–Crippen LogP) is 3.07. The normalized spacial score (nSPS) is 12.1. The summed E-state index contributed by atoms with van der Waals surface area (Å²) in [5.74, 6) is 0.515. The third-order valence-electron chi connectivity index (χ3n) is 4.46. The lowest BCUT2D eigenvalue weighted by molar-refractivity contribution is -0.122. The molecule has 28 heavy (non-hydrogen) atoms. The van der Waals surface area contributed by atoms with Gasteiger partial charge in [0.25, 0.3) is 5.91 Å². The van der Waals surface area contributed by atoms with Gasteiger partial charge in [-0.25, -0.2) is 4.79 Å². The average Bonchev–Trinajstić information content (AvgIpc) is 3.12. The lowest BCUT2D eigenvalue weighted by Crippen LogP contribution is -2.30. The van der Waals surface area contributed by atoms with Gasteiger partial charge in [0.2, 0.25) is 0 Å². The Morgan fingerprint density at radius 3 is 2.82 bits per heavy atom. The topological polar surface area (TPSA) is 99.2 Å². The number of nitrogens with zero attached hydrogens (tertiary/aromatic N) is 3. The first kappa shape index (κ1) is 19.6. The maximum absolute atomic E-state index is 12.4. The number of nitrogens with one attached hydrogen (secondary N) is 1. The minimum atomic E-state index is -0.770. The van der Waals surface area contributed by atoms with Crippen molar-refractivity contribution in [2.75, 3.05) is 5.32 Å². The summed E-state index contributed by atoms with van der Waals surface area (Å²) in [6.45, 7) is 8.04. The summed E-state index contributed by atoms with van der Waals surface area (Å²) in [5.41, 5.74) is 1.74. The number of carbonyl (C=O) groups is 1. The highest BCUT2D eigenvalue weighted by molar-refractivity contribution is 5.93. The van der Waals surface area contributed by atoms with E-state index in [9.17, 15) is 9.59 Å². The van der Waals surface area contributed by atoms with Crippen LogP contribution in [0.3, 0.4) is 0 Å². The number of carbonyl (C=O) groups excluding carboxylic acids is 1. The van der Waals surface area contributed by atoms with Gasteiger partial charge in [-0.1, -0.05) is 13.3 Å². The first-order chi connectivity index (χ1) is 13.4. The third kappa shape index (κ3) is 4.05. The van der Waals surface area contributed by atoms with Crippen molar-refractivity contribution >= 4 is 22.7 Å². The van der Waals surface area contributed by atoms with Crippen molar-refractivity contribution in [2.24, 2.45) is 0 Å². The molecule has 0 radical (unpaired) electrons. The SMILES string of the molecule is CCCc1cc(=O)oc2c(C)c(OC(C)C(=O)Nc3cnn(CC)n3)ccc12. The van der Waals surface area contributed by atoms with E-state index in [0.717, 1.165) is 23.8 Å². The summed E-state index contributed by atoms with van der Waals surface area (Å²) in [4.78, 5) is 25.8. The fourth-order valence-corrected chi connectivity index (χ4v) is 2.99. The number of fused-ring (bicyclic) bond motifs is 1. The maximum Gasteiger partial charge on any atom is 0.336 e. The second-order valence-corrected chi connectivity index (χ2v) is 6.57. The van der Waals surface area contributed by atoms with Crippen LogP contribution in [0.1, 0.15) is 38.3 Å². The quantitative estimate of drug-likeness (QED) is 0.629. The van der Waals surface area contributed by atoms with Crippen molar-refractivity contribution in [2.45, 2.75) is 53.2 Å². The molecule has 1 unspecified atom stereocenters. The lowest BCUT2D eigenvalue weighted by atomic mass is 10.0. The van der Waals surface area contributed by atoms with Gasteiger partial charge < -0.3 is 14.5 Å². The van der Waals surface area contributed by atoms with Gasteiger partial charge >= 0.3 is 5.63 Å². The van der Waals surface area contributed by atoms with E-state index in [2.05, 4.69) is 22.4 Å². The van der Waals surface area contributed by atoms with E-state index in [1.54, 1.807) is 13.0 Å². The van der Waals surface area contributed by atoms with Gasteiger partial charge in [-0.2, -0.15) is 9.90 Å². The van der Waals surface area contributed by atoms with E-state index in [1.165, 1.54) is 17.1 Å². The molecule has 8 nitrogen and oxygen atoms in total. The molecule has 3 rings (SSSR count). The van der Waals surface area contributed by atoms with Crippen LogP contribution in [0.2, 0.25) is 0 Å². The van der Waals surface area contributed by atoms with Crippen LogP contribution in [-0.4, -0.2) is 27.0 Å². The van der Waals surface area contributed by atoms with Crippen LogP contribution in [0.15, 0.2) is 33.6 Å². The molecule has 0 aliphatic heterocycles. The molecule has 2 heterocycles. The van der Waals surface area contributed by atoms with Gasteiger partial charge in [-0.3, -0.25) is 4.79 Å². The fourth-order valence-electron chi connectivity index (χ4n) is 2.99. The standard InChI is InChI=1S/C20H24N4O4/c1-5-7-14-10-18(25)28-19-12(3)16(9-8-15(14)19)27-13(4)20(26)22-17-11-21-24(6-2)23-17/h8-11,13H,5-7H2,1-4H3,(H,22,23,26). The van der Waals surface area contributed by atoms with Gasteiger partial charge in [0.15, 0.2) is 11.9 Å². The van der Waals surface area contributed by atoms with E-state index in [1.807, 2.05) is 19.9 Å². The average molecular weight is 384 g/mol. The number of aryl methyl sites for hydroxylation is 3. The number of aromatic nitrogens is 3. The van der Waals surface area contributed by atoms with Crippen LogP contribution in [0.4, 0.5) is 5.82 Å². The van der Waals surface area contributed by atoms with Gasteiger partial charge in [0.1, 0.15) is 11.3 Å². The first-order valence-electron chi connectivity index (χ1n) is 9.36. The summed E-state index contributed by atoms with van der Waals surface area (Å²) in [5, 5.41) is 11.7. The van der Waals surface area contributed by atoms with E-state index < -0.39 is 6.10 Å². The molecule has 0 aliphatic carbocycles. The second-order valence-electron chi connectivity index (χ2n) is 6.57. The van der Waals surface area contributed by atoms with Gasteiger partial charge in [-0.05, 0) is 44.9 Å². The van der Waals surface area contributed by atoms with Crippen LogP contribution in [-0.2, 0) is 17.8 Å². The van der Waals surface area contributed by atoms with Crippen LogP contribution in [0.25, 0.3) is 11.0 Å². The van der Waals surface area contributed by atoms with Gasteiger partial charge in [-0.15, -0.1) is 5.10 Å². The summed E-state index contributed by atoms with van der Waals surface area (Å²) >= 11 is 0. The highest BCUT2D eigenvalue weighted by Crippen LogP contribution is 2.29. The molecule has 0 fully saturated rings. The Morgan fingerprint density at radius 2 is 2.14 bits per heavy atom. The minimum Gasteiger partial charge on any atom is -0.480 e. The molecule has 1 atom stereocenters. The highest BCUT2D eigenvalue weighted by Gasteiger charge is 2.19. The summed E-state index contributed by atoms with van der Waals surface area (Å²) in [7, 11) is 0. The molecule has 0 aliphatic rings. The van der Waals surface area contributed by atoms with Crippen LogP contribution in [0.5, 0.6) is 5.75 Å². The Hall–Kier alpha value is -3.16. The molecule has 0 saturated carbocycles. The number of benzene rings is 1. The first-order valence-corrected chi connectivity index (χ1v) is 9.36. The molecular weight excluding hydrogens is 360 g/mol. The summed E-state index contributed by atoms with van der Waals surface area (Å²) in [6.07, 6.45) is 2.43. The third-order valence-corrected chi connectivity index (χ3v) is 4.46. The van der Waals surface area contributed by atoms with Crippen LogP contribution >= 0.6 is 0 Å². The smallest absolute Gasteiger partial charge is 0.336 e. The number of hydrogen-bond donors (Lipinski definition) is 1. The predicted molar refractivity (Wildman–Crippen MR) is 106 cm³/mol. The number of ether oxygens (including phenoxy) is 1.